The van der Waals surface area contributed by atoms with Crippen LogP contribution in [0.4, 0.5) is 5.69 Å². The lowest BCUT2D eigenvalue weighted by atomic mass is 10.2. The van der Waals surface area contributed by atoms with Gasteiger partial charge in [0, 0.05) is 30.8 Å². The van der Waals surface area contributed by atoms with Gasteiger partial charge in [0.1, 0.15) is 5.82 Å². The van der Waals surface area contributed by atoms with E-state index < -0.39 is 0 Å². The third-order valence-corrected chi connectivity index (χ3v) is 5.75. The SMILES string of the molecule is COc1ccc(NC(N)=NCCCc2nnc(SC)n2C2CCCC2)cc1OC. The number of ether oxygens (including phenoxy) is 2. The van der Waals surface area contributed by atoms with Crippen LogP contribution in [0.1, 0.15) is 44.0 Å². The molecule has 0 unspecified atom stereocenters. The summed E-state index contributed by atoms with van der Waals surface area (Å²) in [5.41, 5.74) is 6.83. The highest BCUT2D eigenvalue weighted by Crippen LogP contribution is 2.33. The number of hydrogen-bond acceptors (Lipinski definition) is 6. The van der Waals surface area contributed by atoms with Gasteiger partial charge in [0.15, 0.2) is 22.6 Å². The van der Waals surface area contributed by atoms with Gasteiger partial charge in [-0.3, -0.25) is 4.99 Å². The van der Waals surface area contributed by atoms with Crippen LogP contribution in [-0.2, 0) is 6.42 Å². The monoisotopic (exact) mass is 418 g/mol. The number of anilines is 1. The molecule has 1 aliphatic carbocycles. The summed E-state index contributed by atoms with van der Waals surface area (Å²) in [6.45, 7) is 0.623. The predicted octanol–water partition coefficient (Wildman–Crippen LogP) is 3.49. The number of rotatable bonds is 9. The van der Waals surface area contributed by atoms with Gasteiger partial charge in [0.25, 0.3) is 0 Å². The molecule has 9 heteroatoms. The topological polar surface area (TPSA) is 99.6 Å². The van der Waals surface area contributed by atoms with E-state index in [9.17, 15) is 0 Å². The minimum absolute atomic E-state index is 0.374. The van der Waals surface area contributed by atoms with Crippen molar-refractivity contribution in [2.24, 2.45) is 10.7 Å². The summed E-state index contributed by atoms with van der Waals surface area (Å²) in [5.74, 6) is 2.74. The summed E-state index contributed by atoms with van der Waals surface area (Å²) in [4.78, 5) is 4.44. The van der Waals surface area contributed by atoms with Crippen molar-refractivity contribution in [3.63, 3.8) is 0 Å². The maximum Gasteiger partial charge on any atom is 0.193 e. The molecule has 1 saturated carbocycles. The average Bonchev–Trinajstić information content (AvgIpc) is 3.40. The van der Waals surface area contributed by atoms with Crippen molar-refractivity contribution in [1.82, 2.24) is 14.8 Å². The van der Waals surface area contributed by atoms with Crippen LogP contribution in [-0.4, -0.2) is 47.7 Å². The molecule has 0 spiro atoms. The predicted molar refractivity (Wildman–Crippen MR) is 117 cm³/mol. The lowest BCUT2D eigenvalue weighted by Crippen LogP contribution is -2.23. The summed E-state index contributed by atoms with van der Waals surface area (Å²) in [7, 11) is 3.21. The van der Waals surface area contributed by atoms with Crippen LogP contribution in [0.15, 0.2) is 28.3 Å². The molecule has 8 nitrogen and oxygen atoms in total. The number of nitrogens with one attached hydrogen (secondary N) is 1. The molecule has 158 valence electrons. The fourth-order valence-electron chi connectivity index (χ4n) is 3.68. The van der Waals surface area contributed by atoms with Gasteiger partial charge >= 0.3 is 0 Å². The van der Waals surface area contributed by atoms with Crippen molar-refractivity contribution in [1.29, 1.82) is 0 Å². The van der Waals surface area contributed by atoms with Gasteiger partial charge in [0.2, 0.25) is 0 Å². The van der Waals surface area contributed by atoms with Crippen LogP contribution in [0.3, 0.4) is 0 Å². The number of aliphatic imine (C=N–C) groups is 1. The molecule has 0 bridgehead atoms. The van der Waals surface area contributed by atoms with E-state index in [0.717, 1.165) is 29.5 Å². The second kappa shape index (κ2) is 10.4. The molecule has 3 rings (SSSR count). The van der Waals surface area contributed by atoms with Gasteiger partial charge in [-0.2, -0.15) is 0 Å². The highest BCUT2D eigenvalue weighted by Gasteiger charge is 2.23. The van der Waals surface area contributed by atoms with Gasteiger partial charge in [0.05, 0.1) is 14.2 Å². The highest BCUT2D eigenvalue weighted by atomic mass is 32.2. The average molecular weight is 419 g/mol. The largest absolute Gasteiger partial charge is 0.493 e. The quantitative estimate of drug-likeness (QED) is 0.278. The first-order valence-electron chi connectivity index (χ1n) is 9.93. The molecule has 1 aliphatic rings. The smallest absolute Gasteiger partial charge is 0.193 e. The highest BCUT2D eigenvalue weighted by molar-refractivity contribution is 7.98. The van der Waals surface area contributed by atoms with Crippen molar-refractivity contribution < 1.29 is 9.47 Å². The van der Waals surface area contributed by atoms with Crippen LogP contribution in [0.5, 0.6) is 11.5 Å². The Bertz CT molecular complexity index is 832. The van der Waals surface area contributed by atoms with Crippen LogP contribution in [0, 0.1) is 0 Å². The fourth-order valence-corrected chi connectivity index (χ4v) is 4.26. The Morgan fingerprint density at radius 1 is 1.24 bits per heavy atom. The number of benzene rings is 1. The van der Waals surface area contributed by atoms with E-state index in [2.05, 4.69) is 31.3 Å². The molecule has 1 aromatic heterocycles. The molecule has 0 amide bonds. The number of methoxy groups -OCH3 is 2. The lowest BCUT2D eigenvalue weighted by Gasteiger charge is -2.16. The molecule has 0 saturated heterocycles. The molecule has 0 atom stereocenters. The van der Waals surface area contributed by atoms with E-state index in [4.69, 9.17) is 15.2 Å². The van der Waals surface area contributed by atoms with Crippen molar-refractivity contribution >= 4 is 23.4 Å². The molecule has 0 aliphatic heterocycles. The van der Waals surface area contributed by atoms with Crippen LogP contribution < -0.4 is 20.5 Å². The number of nitrogens with two attached hydrogens (primary N) is 1. The number of hydrogen-bond donors (Lipinski definition) is 2. The van der Waals surface area contributed by atoms with Gasteiger partial charge in [-0.15, -0.1) is 10.2 Å². The Morgan fingerprint density at radius 3 is 2.69 bits per heavy atom. The zero-order chi connectivity index (χ0) is 20.6. The molecule has 2 aromatic rings. The molecule has 29 heavy (non-hydrogen) atoms. The second-order valence-electron chi connectivity index (χ2n) is 6.98. The van der Waals surface area contributed by atoms with Gasteiger partial charge in [-0.05, 0) is 37.7 Å². The molecular weight excluding hydrogens is 388 g/mol. The van der Waals surface area contributed by atoms with E-state index in [1.165, 1.54) is 25.7 Å². The van der Waals surface area contributed by atoms with Crippen molar-refractivity contribution in [3.8, 4) is 11.5 Å². The van der Waals surface area contributed by atoms with E-state index in [0.29, 0.717) is 30.0 Å². The first kappa shape index (κ1) is 21.3. The van der Waals surface area contributed by atoms with E-state index in [1.54, 1.807) is 26.0 Å². The lowest BCUT2D eigenvalue weighted by molar-refractivity contribution is 0.355. The zero-order valence-corrected chi connectivity index (χ0v) is 18.2. The van der Waals surface area contributed by atoms with Crippen molar-refractivity contribution in [3.05, 3.63) is 24.0 Å². The summed E-state index contributed by atoms with van der Waals surface area (Å²) < 4.78 is 12.9. The third-order valence-electron chi connectivity index (χ3n) is 5.10. The number of aryl methyl sites for hydroxylation is 1. The van der Waals surface area contributed by atoms with Crippen molar-refractivity contribution in [2.45, 2.75) is 49.7 Å². The number of guanidine groups is 1. The molecule has 1 aromatic carbocycles. The van der Waals surface area contributed by atoms with Crippen LogP contribution in [0.2, 0.25) is 0 Å². The van der Waals surface area contributed by atoms with Gasteiger partial charge in [-0.25, -0.2) is 0 Å². The van der Waals surface area contributed by atoms with E-state index in [-0.39, 0.29) is 0 Å². The Balaban J connectivity index is 1.54. The molecule has 1 heterocycles. The Kier molecular flexibility index (Phi) is 7.62. The number of nitrogens with zero attached hydrogens (tertiary/aromatic N) is 4. The van der Waals surface area contributed by atoms with Crippen LogP contribution >= 0.6 is 11.8 Å². The van der Waals surface area contributed by atoms with E-state index in [1.807, 2.05) is 18.2 Å². The Labute approximate surface area is 176 Å². The Hall–Kier alpha value is -2.42. The third kappa shape index (κ3) is 5.35. The fraction of sp³-hybridized carbons (Fsp3) is 0.550. The maximum atomic E-state index is 6.03. The van der Waals surface area contributed by atoms with Gasteiger partial charge in [-0.1, -0.05) is 24.6 Å². The minimum Gasteiger partial charge on any atom is -0.493 e. The second-order valence-corrected chi connectivity index (χ2v) is 7.75. The Morgan fingerprint density at radius 2 is 2.00 bits per heavy atom. The molecule has 1 fully saturated rings. The molecule has 0 radical (unpaired) electrons. The zero-order valence-electron chi connectivity index (χ0n) is 17.4. The van der Waals surface area contributed by atoms with Crippen LogP contribution in [0.25, 0.3) is 0 Å². The summed E-state index contributed by atoms with van der Waals surface area (Å²) in [6.07, 6.45) is 8.80. The number of aromatic nitrogens is 3. The minimum atomic E-state index is 0.374. The standard InChI is InChI=1S/C20H30N6O2S/c1-27-16-11-10-14(13-17(16)28-2)23-19(21)22-12-6-9-18-24-25-20(29-3)26(18)15-7-4-5-8-15/h10-11,13,15H,4-9,12H2,1-3H3,(H3,21,22,23). The molecular formula is C20H30N6O2S. The first-order valence-corrected chi connectivity index (χ1v) is 11.2. The first-order chi connectivity index (χ1) is 14.2. The van der Waals surface area contributed by atoms with Crippen molar-refractivity contribution in [2.75, 3.05) is 32.3 Å². The summed E-state index contributed by atoms with van der Waals surface area (Å²) >= 11 is 1.67. The maximum absolute atomic E-state index is 6.03. The van der Waals surface area contributed by atoms with Gasteiger partial charge < -0.3 is 25.1 Å². The number of thioether (sulfide) groups is 1. The summed E-state index contributed by atoms with van der Waals surface area (Å²) in [6, 6.07) is 6.07. The normalized spacial score (nSPS) is 14.9. The molecule has 3 N–H and O–H groups in total. The van der Waals surface area contributed by atoms with E-state index >= 15 is 0 Å². The summed E-state index contributed by atoms with van der Waals surface area (Å²) in [5, 5.41) is 12.9.